The van der Waals surface area contributed by atoms with E-state index in [1.807, 2.05) is 48.5 Å². The maximum absolute atomic E-state index is 8.51. The molecule has 0 bridgehead atoms. The van der Waals surface area contributed by atoms with E-state index in [0.717, 1.165) is 61.3 Å². The van der Waals surface area contributed by atoms with Gasteiger partial charge in [-0.25, -0.2) is 0 Å². The SMILES string of the molecule is [2H]c1c([2H])c([2H])c(-c2ccc(N(c3ccc(-c4ccc5c(c4)oc4ccccc45)cc3)c3cccc(-c4ccc5ccccc5c4)c3)cc2)c([2H])c1[2H]. The molecule has 0 fully saturated rings. The molecule has 0 atom stereocenters. The average Bonchev–Trinajstić information content (AvgIpc) is 3.58. The van der Waals surface area contributed by atoms with Gasteiger partial charge in [0.2, 0.25) is 0 Å². The molecule has 1 heterocycles. The number of anilines is 3. The third-order valence-electron chi connectivity index (χ3n) is 8.94. The van der Waals surface area contributed by atoms with Gasteiger partial charge in [0, 0.05) is 27.8 Å². The zero-order chi connectivity index (χ0) is 36.2. The van der Waals surface area contributed by atoms with E-state index < -0.39 is 6.04 Å². The molecule has 2 heteroatoms. The van der Waals surface area contributed by atoms with Crippen LogP contribution in [0.3, 0.4) is 0 Å². The van der Waals surface area contributed by atoms with Crippen molar-refractivity contribution in [3.8, 4) is 33.4 Å². The van der Waals surface area contributed by atoms with Crippen molar-refractivity contribution in [3.05, 3.63) is 188 Å². The van der Waals surface area contributed by atoms with E-state index in [-0.39, 0.29) is 29.7 Å². The second-order valence-corrected chi connectivity index (χ2v) is 11.9. The first kappa shape index (κ1) is 23.0. The van der Waals surface area contributed by atoms with Crippen LogP contribution in [0, 0.1) is 0 Å². The van der Waals surface area contributed by atoms with Crippen LogP contribution >= 0.6 is 0 Å². The highest BCUT2D eigenvalue weighted by Gasteiger charge is 2.15. The van der Waals surface area contributed by atoms with E-state index in [1.165, 1.54) is 10.8 Å². The summed E-state index contributed by atoms with van der Waals surface area (Å²) >= 11 is 0. The van der Waals surface area contributed by atoms with Gasteiger partial charge in [-0.1, -0.05) is 127 Å². The molecule has 0 spiro atoms. The second-order valence-electron chi connectivity index (χ2n) is 11.9. The van der Waals surface area contributed by atoms with E-state index in [9.17, 15) is 0 Å². The Balaban J connectivity index is 1.13. The van der Waals surface area contributed by atoms with Gasteiger partial charge in [0.1, 0.15) is 11.2 Å². The number of para-hydroxylation sites is 1. The highest BCUT2D eigenvalue weighted by atomic mass is 16.3. The summed E-state index contributed by atoms with van der Waals surface area (Å²) in [4.78, 5) is 2.17. The highest BCUT2D eigenvalue weighted by molar-refractivity contribution is 6.05. The lowest BCUT2D eigenvalue weighted by molar-refractivity contribution is 0.669. The summed E-state index contributed by atoms with van der Waals surface area (Å²) in [6, 6.07) is 52.1. The van der Waals surface area contributed by atoms with E-state index in [2.05, 4.69) is 114 Å². The van der Waals surface area contributed by atoms with Crippen molar-refractivity contribution >= 4 is 49.8 Å². The Morgan fingerprint density at radius 1 is 0.375 bits per heavy atom. The van der Waals surface area contributed by atoms with Crippen molar-refractivity contribution in [1.82, 2.24) is 0 Å². The van der Waals surface area contributed by atoms with E-state index >= 15 is 0 Å². The smallest absolute Gasteiger partial charge is 0.136 e. The summed E-state index contributed by atoms with van der Waals surface area (Å²) in [5.41, 5.74) is 9.47. The van der Waals surface area contributed by atoms with Gasteiger partial charge in [-0.3, -0.25) is 0 Å². The predicted molar refractivity (Wildman–Crippen MR) is 202 cm³/mol. The molecule has 9 aromatic rings. The summed E-state index contributed by atoms with van der Waals surface area (Å²) in [7, 11) is 0. The monoisotopic (exact) mass is 618 g/mol. The van der Waals surface area contributed by atoms with Gasteiger partial charge in [0.05, 0.1) is 6.85 Å². The number of fused-ring (bicyclic) bond motifs is 4. The van der Waals surface area contributed by atoms with Crippen molar-refractivity contribution in [1.29, 1.82) is 0 Å². The first-order valence-electron chi connectivity index (χ1n) is 18.4. The van der Waals surface area contributed by atoms with Crippen LogP contribution in [0.15, 0.2) is 192 Å². The van der Waals surface area contributed by atoms with Gasteiger partial charge in [-0.05, 0) is 105 Å². The third-order valence-corrected chi connectivity index (χ3v) is 8.94. The first-order chi connectivity index (χ1) is 25.8. The molecule has 0 amide bonds. The van der Waals surface area contributed by atoms with Crippen LogP contribution in [0.4, 0.5) is 17.1 Å². The third kappa shape index (κ3) is 5.10. The molecule has 8 aromatic carbocycles. The Morgan fingerprint density at radius 3 is 1.77 bits per heavy atom. The second kappa shape index (κ2) is 11.8. The summed E-state index contributed by atoms with van der Waals surface area (Å²) in [6.07, 6.45) is 0. The minimum absolute atomic E-state index is 0.179. The van der Waals surface area contributed by atoms with Gasteiger partial charge >= 0.3 is 0 Å². The van der Waals surface area contributed by atoms with Crippen molar-refractivity contribution in [2.45, 2.75) is 0 Å². The molecule has 2 nitrogen and oxygen atoms in total. The van der Waals surface area contributed by atoms with Crippen LogP contribution in [0.1, 0.15) is 6.85 Å². The lowest BCUT2D eigenvalue weighted by Crippen LogP contribution is -2.10. The van der Waals surface area contributed by atoms with Gasteiger partial charge < -0.3 is 9.32 Å². The van der Waals surface area contributed by atoms with E-state index in [4.69, 9.17) is 11.3 Å². The fourth-order valence-electron chi connectivity index (χ4n) is 6.52. The molecule has 0 aliphatic heterocycles. The van der Waals surface area contributed by atoms with Crippen LogP contribution in [0.5, 0.6) is 0 Å². The number of nitrogens with zero attached hydrogens (tertiary/aromatic N) is 1. The molecule has 0 N–H and O–H groups in total. The molecule has 9 rings (SSSR count). The first-order valence-corrected chi connectivity index (χ1v) is 15.9. The summed E-state index contributed by atoms with van der Waals surface area (Å²) in [5.74, 6) is 0. The maximum atomic E-state index is 8.51. The van der Waals surface area contributed by atoms with Crippen LogP contribution in [0.25, 0.3) is 66.1 Å². The Labute approximate surface area is 286 Å². The minimum atomic E-state index is -0.404. The summed E-state index contributed by atoms with van der Waals surface area (Å²) in [6.45, 7) is 0. The van der Waals surface area contributed by atoms with Crippen LogP contribution < -0.4 is 4.90 Å². The molecular formula is C46H31NO. The largest absolute Gasteiger partial charge is 0.456 e. The summed E-state index contributed by atoms with van der Waals surface area (Å²) < 4.78 is 47.6. The average molecular weight is 619 g/mol. The zero-order valence-corrected chi connectivity index (χ0v) is 25.9. The minimum Gasteiger partial charge on any atom is -0.456 e. The van der Waals surface area contributed by atoms with Crippen molar-refractivity contribution in [2.24, 2.45) is 0 Å². The fraction of sp³-hybridized carbons (Fsp3) is 0. The number of furan rings is 1. The molecule has 0 aliphatic carbocycles. The van der Waals surface area contributed by atoms with Crippen molar-refractivity contribution in [2.75, 3.05) is 4.90 Å². The molecular weight excluding hydrogens is 583 g/mol. The van der Waals surface area contributed by atoms with Crippen LogP contribution in [0.2, 0.25) is 0 Å². The molecule has 226 valence electrons. The van der Waals surface area contributed by atoms with E-state index in [1.54, 1.807) is 0 Å². The number of benzene rings is 8. The number of hydrogen-bond donors (Lipinski definition) is 0. The molecule has 0 radical (unpaired) electrons. The lowest BCUT2D eigenvalue weighted by atomic mass is 10.00. The molecule has 0 aliphatic rings. The standard InChI is InChI=1S/C46H31NO/c1-2-9-32(10-3-1)34-19-24-40(25-20-34)47(42-14-8-13-37(30-42)38-18-17-33-11-4-5-12-36(33)29-38)41-26-21-35(22-27-41)39-23-28-44-43-15-6-7-16-45(43)48-46(44)31-39/h1-31H/i1D,2D,3D,9D,10D. The lowest BCUT2D eigenvalue weighted by Gasteiger charge is -2.26. The molecule has 0 unspecified atom stereocenters. The van der Waals surface area contributed by atoms with Crippen molar-refractivity contribution < 1.29 is 11.3 Å². The number of hydrogen-bond acceptors (Lipinski definition) is 2. The fourth-order valence-corrected chi connectivity index (χ4v) is 6.52. The normalized spacial score (nSPS) is 12.8. The van der Waals surface area contributed by atoms with Gasteiger partial charge in [0.15, 0.2) is 0 Å². The van der Waals surface area contributed by atoms with Crippen LogP contribution in [-0.4, -0.2) is 0 Å². The van der Waals surface area contributed by atoms with E-state index in [0.29, 0.717) is 5.56 Å². The Bertz CT molecular complexity index is 2810. The Kier molecular flexibility index (Phi) is 5.64. The van der Waals surface area contributed by atoms with Crippen LogP contribution in [-0.2, 0) is 0 Å². The zero-order valence-electron chi connectivity index (χ0n) is 30.9. The van der Waals surface area contributed by atoms with Gasteiger partial charge in [0.25, 0.3) is 0 Å². The molecule has 0 saturated heterocycles. The maximum Gasteiger partial charge on any atom is 0.136 e. The van der Waals surface area contributed by atoms with Gasteiger partial charge in [-0.2, -0.15) is 0 Å². The molecule has 1 aromatic heterocycles. The molecule has 0 saturated carbocycles. The quantitative estimate of drug-likeness (QED) is 0.184. The summed E-state index contributed by atoms with van der Waals surface area (Å²) in [5, 5.41) is 4.55. The molecule has 48 heavy (non-hydrogen) atoms. The highest BCUT2D eigenvalue weighted by Crippen LogP contribution is 2.39. The predicted octanol–water partition coefficient (Wildman–Crippen LogP) is 13.2. The van der Waals surface area contributed by atoms with Crippen molar-refractivity contribution in [3.63, 3.8) is 0 Å². The Morgan fingerprint density at radius 2 is 0.979 bits per heavy atom. The Hall–Kier alpha value is -6.38. The topological polar surface area (TPSA) is 16.4 Å². The number of rotatable bonds is 6. The van der Waals surface area contributed by atoms with Gasteiger partial charge in [-0.15, -0.1) is 0 Å².